The molecule has 3 saturated carbocycles. The van der Waals surface area contributed by atoms with E-state index in [1.165, 1.54) is 25.7 Å². The van der Waals surface area contributed by atoms with Crippen molar-refractivity contribution in [1.29, 1.82) is 0 Å². The summed E-state index contributed by atoms with van der Waals surface area (Å²) in [5.74, 6) is 1.65. The molecule has 4 bridgehead atoms. The van der Waals surface area contributed by atoms with E-state index in [0.29, 0.717) is 23.0 Å². The molecule has 16 heavy (non-hydrogen) atoms. The first-order chi connectivity index (χ1) is 7.33. The molecule has 0 radical (unpaired) electrons. The van der Waals surface area contributed by atoms with E-state index >= 15 is 0 Å². The molecule has 4 atom stereocenters. The van der Waals surface area contributed by atoms with Gasteiger partial charge in [-0.1, -0.05) is 34.1 Å². The number of carbonyl (C=O) groups is 1. The summed E-state index contributed by atoms with van der Waals surface area (Å²) in [5, 5.41) is 0. The minimum Gasteiger partial charge on any atom is -0.299 e. The Bertz CT molecular complexity index is 356. The zero-order valence-electron chi connectivity index (χ0n) is 11.1. The second kappa shape index (κ2) is 2.73. The number of rotatable bonds is 0. The van der Waals surface area contributed by atoms with Gasteiger partial charge >= 0.3 is 0 Å². The maximum absolute atomic E-state index is 12.7. The van der Waals surface area contributed by atoms with Gasteiger partial charge in [0, 0.05) is 11.3 Å². The first kappa shape index (κ1) is 10.8. The van der Waals surface area contributed by atoms with Crippen molar-refractivity contribution in [3.63, 3.8) is 0 Å². The summed E-state index contributed by atoms with van der Waals surface area (Å²) < 4.78 is 0. The van der Waals surface area contributed by atoms with Crippen molar-refractivity contribution in [2.75, 3.05) is 0 Å². The monoisotopic (exact) mass is 220 g/mol. The average molecular weight is 220 g/mol. The molecule has 0 amide bonds. The largest absolute Gasteiger partial charge is 0.299 e. The lowest BCUT2D eigenvalue weighted by molar-refractivity contribution is -0.136. The van der Waals surface area contributed by atoms with Gasteiger partial charge in [-0.25, -0.2) is 0 Å². The normalized spacial score (nSPS) is 54.1. The van der Waals surface area contributed by atoms with E-state index in [2.05, 4.69) is 27.7 Å². The molecule has 0 aromatic heterocycles. The molecule has 0 saturated heterocycles. The molecule has 0 spiro atoms. The molecule has 3 fully saturated rings. The Hall–Kier alpha value is -0.330. The van der Waals surface area contributed by atoms with E-state index in [0.717, 1.165) is 6.42 Å². The topological polar surface area (TPSA) is 17.1 Å². The van der Waals surface area contributed by atoms with E-state index < -0.39 is 0 Å². The van der Waals surface area contributed by atoms with Gasteiger partial charge in [0.05, 0.1) is 0 Å². The fraction of sp³-hybridized carbons (Fsp3) is 0.933. The van der Waals surface area contributed by atoms with Gasteiger partial charge in [0.1, 0.15) is 5.78 Å². The molecule has 3 rings (SSSR count). The molecule has 0 N–H and O–H groups in total. The molecule has 0 aromatic rings. The number of carbonyl (C=O) groups excluding carboxylic acids is 1. The second-order valence-corrected chi connectivity index (χ2v) is 7.58. The molecule has 1 heteroatoms. The molecular formula is C15H24O. The van der Waals surface area contributed by atoms with Gasteiger partial charge < -0.3 is 0 Å². The van der Waals surface area contributed by atoms with Crippen LogP contribution in [0.15, 0.2) is 0 Å². The summed E-state index contributed by atoms with van der Waals surface area (Å²) in [5.41, 5.74) is 0.584. The van der Waals surface area contributed by atoms with E-state index in [4.69, 9.17) is 0 Å². The number of ketones is 1. The van der Waals surface area contributed by atoms with Crippen LogP contribution in [0.3, 0.4) is 0 Å². The van der Waals surface area contributed by atoms with Crippen LogP contribution >= 0.6 is 0 Å². The fourth-order valence-corrected chi connectivity index (χ4v) is 5.35. The van der Waals surface area contributed by atoms with Crippen LogP contribution in [-0.4, -0.2) is 5.78 Å². The third kappa shape index (κ3) is 0.926. The predicted octanol–water partition coefficient (Wildman–Crippen LogP) is 3.82. The summed E-state index contributed by atoms with van der Waals surface area (Å²) in [6, 6.07) is 0. The van der Waals surface area contributed by atoms with E-state index in [1.54, 1.807) is 0 Å². The highest BCUT2D eigenvalue weighted by Crippen LogP contribution is 2.72. The highest BCUT2D eigenvalue weighted by atomic mass is 16.1. The highest BCUT2D eigenvalue weighted by molar-refractivity contribution is 5.92. The lowest BCUT2D eigenvalue weighted by Crippen LogP contribution is -2.40. The molecule has 0 aliphatic heterocycles. The summed E-state index contributed by atoms with van der Waals surface area (Å²) >= 11 is 0. The van der Waals surface area contributed by atoms with Crippen LogP contribution < -0.4 is 0 Å². The summed E-state index contributed by atoms with van der Waals surface area (Å²) in [6.07, 6.45) is 6.29. The Kier molecular flexibility index (Phi) is 1.85. The van der Waals surface area contributed by atoms with Gasteiger partial charge in [-0.3, -0.25) is 4.79 Å². The van der Waals surface area contributed by atoms with Crippen LogP contribution in [0, 0.1) is 28.1 Å². The van der Waals surface area contributed by atoms with Crippen LogP contribution in [0.4, 0.5) is 0 Å². The molecule has 3 aliphatic rings. The maximum atomic E-state index is 12.7. The maximum Gasteiger partial charge on any atom is 0.143 e. The average Bonchev–Trinajstić information content (AvgIpc) is 2.47. The van der Waals surface area contributed by atoms with Crippen molar-refractivity contribution in [1.82, 2.24) is 0 Å². The first-order valence-corrected chi connectivity index (χ1v) is 6.87. The number of Topliss-reactive ketones (excluding diaryl/α,β-unsaturated/α-hetero) is 1. The van der Waals surface area contributed by atoms with Gasteiger partial charge in [-0.05, 0) is 42.4 Å². The molecule has 4 unspecified atom stereocenters. The van der Waals surface area contributed by atoms with Gasteiger partial charge in [0.25, 0.3) is 0 Å². The Balaban J connectivity index is 2.16. The molecular weight excluding hydrogens is 196 g/mol. The Morgan fingerprint density at radius 1 is 1.06 bits per heavy atom. The van der Waals surface area contributed by atoms with Gasteiger partial charge in [-0.15, -0.1) is 0 Å². The van der Waals surface area contributed by atoms with Crippen molar-refractivity contribution in [3.8, 4) is 0 Å². The van der Waals surface area contributed by atoms with Crippen molar-refractivity contribution in [2.45, 2.75) is 59.8 Å². The smallest absolute Gasteiger partial charge is 0.143 e. The van der Waals surface area contributed by atoms with E-state index in [1.807, 2.05) is 0 Å². The van der Waals surface area contributed by atoms with Crippen LogP contribution in [0.2, 0.25) is 0 Å². The zero-order chi connectivity index (χ0) is 11.8. The number of hydrogen-bond donors (Lipinski definition) is 0. The number of hydrogen-bond acceptors (Lipinski definition) is 1. The Morgan fingerprint density at radius 2 is 1.75 bits per heavy atom. The molecule has 90 valence electrons. The minimum absolute atomic E-state index is 0.0139. The highest BCUT2D eigenvalue weighted by Gasteiger charge is 2.70. The summed E-state index contributed by atoms with van der Waals surface area (Å²) in [6.45, 7) is 9.32. The standard InChI is InChI=1S/C15H24O/c1-13(2)7-5-8-14(3)10-6-9-15(14,4)12(16)11(10)13/h10-11H,5-9H2,1-4H3. The Morgan fingerprint density at radius 3 is 2.44 bits per heavy atom. The van der Waals surface area contributed by atoms with Crippen LogP contribution in [0.5, 0.6) is 0 Å². The molecule has 0 aromatic carbocycles. The molecule has 1 nitrogen and oxygen atoms in total. The first-order valence-electron chi connectivity index (χ1n) is 6.87. The second-order valence-electron chi connectivity index (χ2n) is 7.58. The van der Waals surface area contributed by atoms with Gasteiger partial charge in [-0.2, -0.15) is 0 Å². The predicted molar refractivity (Wildman–Crippen MR) is 65.1 cm³/mol. The van der Waals surface area contributed by atoms with Crippen molar-refractivity contribution in [3.05, 3.63) is 0 Å². The third-order valence-electron chi connectivity index (χ3n) is 6.62. The lowest BCUT2D eigenvalue weighted by Gasteiger charge is -2.39. The summed E-state index contributed by atoms with van der Waals surface area (Å²) in [7, 11) is 0. The van der Waals surface area contributed by atoms with E-state index in [-0.39, 0.29) is 10.8 Å². The third-order valence-corrected chi connectivity index (χ3v) is 6.62. The minimum atomic E-state index is 0.0139. The van der Waals surface area contributed by atoms with Crippen molar-refractivity contribution in [2.24, 2.45) is 28.1 Å². The van der Waals surface area contributed by atoms with Gasteiger partial charge in [0.2, 0.25) is 0 Å². The SMILES string of the molecule is CC1(C)CCCC2(C)C3CCC2(C)C(=O)C31. The molecule has 3 aliphatic carbocycles. The zero-order valence-corrected chi connectivity index (χ0v) is 11.1. The van der Waals surface area contributed by atoms with E-state index in [9.17, 15) is 4.79 Å². The van der Waals surface area contributed by atoms with Crippen molar-refractivity contribution < 1.29 is 4.79 Å². The van der Waals surface area contributed by atoms with Gasteiger partial charge in [0.15, 0.2) is 0 Å². The summed E-state index contributed by atoms with van der Waals surface area (Å²) in [4.78, 5) is 12.7. The fourth-order valence-electron chi connectivity index (χ4n) is 5.35. The van der Waals surface area contributed by atoms with Crippen LogP contribution in [-0.2, 0) is 4.79 Å². The quantitative estimate of drug-likeness (QED) is 0.606. The Labute approximate surface area is 99.0 Å². The van der Waals surface area contributed by atoms with Crippen molar-refractivity contribution >= 4 is 5.78 Å². The molecule has 0 heterocycles. The van der Waals surface area contributed by atoms with Crippen LogP contribution in [0.1, 0.15) is 59.8 Å². The van der Waals surface area contributed by atoms with Crippen LogP contribution in [0.25, 0.3) is 0 Å². The lowest BCUT2D eigenvalue weighted by atomic mass is 9.64.